The Morgan fingerprint density at radius 3 is 1.57 bits per heavy atom. The van der Waals surface area contributed by atoms with E-state index >= 15 is 0 Å². The molecular formula is C24H37F3O. The minimum Gasteiger partial charge on any atom is -0.299 e. The molecule has 160 valence electrons. The number of unbranched alkanes of at least 4 members (excludes halogenated alkanes) is 12. The van der Waals surface area contributed by atoms with Gasteiger partial charge in [-0.05, 0) is 24.1 Å². The van der Waals surface area contributed by atoms with Crippen molar-refractivity contribution in [1.29, 1.82) is 0 Å². The van der Waals surface area contributed by atoms with Crippen LogP contribution in [0.2, 0.25) is 0 Å². The van der Waals surface area contributed by atoms with Gasteiger partial charge in [0.1, 0.15) is 5.78 Å². The lowest BCUT2D eigenvalue weighted by Crippen LogP contribution is -2.06. The first-order chi connectivity index (χ1) is 13.4. The van der Waals surface area contributed by atoms with Gasteiger partial charge in [-0.2, -0.15) is 13.2 Å². The van der Waals surface area contributed by atoms with Crippen LogP contribution in [0.3, 0.4) is 0 Å². The standard InChI is InChI=1S/C24H37F3O/c1-2-3-4-5-6-7-8-9-10-11-12-13-14-15-23(28)20-21-16-18-22(19-17-21)24(25,26)27/h16-19H,2-15,20H2,1H3. The van der Waals surface area contributed by atoms with Crippen molar-refractivity contribution in [2.75, 3.05) is 0 Å². The van der Waals surface area contributed by atoms with Gasteiger partial charge in [0.05, 0.1) is 5.56 Å². The highest BCUT2D eigenvalue weighted by molar-refractivity contribution is 5.80. The number of hydrogen-bond acceptors (Lipinski definition) is 1. The number of hydrogen-bond donors (Lipinski definition) is 0. The van der Waals surface area contributed by atoms with Crippen molar-refractivity contribution in [2.45, 2.75) is 109 Å². The third-order valence-electron chi connectivity index (χ3n) is 5.24. The average Bonchev–Trinajstić information content (AvgIpc) is 2.65. The number of rotatable bonds is 16. The molecule has 0 aliphatic carbocycles. The van der Waals surface area contributed by atoms with E-state index in [2.05, 4.69) is 6.92 Å². The van der Waals surface area contributed by atoms with E-state index < -0.39 is 11.7 Å². The Morgan fingerprint density at radius 2 is 1.14 bits per heavy atom. The summed E-state index contributed by atoms with van der Waals surface area (Å²) in [5.41, 5.74) is -0.00659. The third-order valence-corrected chi connectivity index (χ3v) is 5.24. The molecule has 0 fully saturated rings. The van der Waals surface area contributed by atoms with Gasteiger partial charge < -0.3 is 0 Å². The molecule has 0 bridgehead atoms. The summed E-state index contributed by atoms with van der Waals surface area (Å²) >= 11 is 0. The van der Waals surface area contributed by atoms with Crippen molar-refractivity contribution < 1.29 is 18.0 Å². The van der Waals surface area contributed by atoms with Crippen molar-refractivity contribution in [3.05, 3.63) is 35.4 Å². The van der Waals surface area contributed by atoms with Gasteiger partial charge in [-0.1, -0.05) is 96.1 Å². The molecule has 28 heavy (non-hydrogen) atoms. The van der Waals surface area contributed by atoms with E-state index in [9.17, 15) is 18.0 Å². The monoisotopic (exact) mass is 398 g/mol. The summed E-state index contributed by atoms with van der Waals surface area (Å²) in [4.78, 5) is 12.0. The van der Waals surface area contributed by atoms with E-state index in [4.69, 9.17) is 0 Å². The van der Waals surface area contributed by atoms with Gasteiger partial charge in [-0.3, -0.25) is 4.79 Å². The molecule has 1 aromatic rings. The van der Waals surface area contributed by atoms with Gasteiger partial charge in [0.25, 0.3) is 0 Å². The molecule has 0 saturated carbocycles. The van der Waals surface area contributed by atoms with Gasteiger partial charge in [-0.25, -0.2) is 0 Å². The number of carbonyl (C=O) groups excluding carboxylic acids is 1. The highest BCUT2D eigenvalue weighted by Crippen LogP contribution is 2.29. The highest BCUT2D eigenvalue weighted by Gasteiger charge is 2.29. The molecule has 0 atom stereocenters. The maximum absolute atomic E-state index is 12.5. The molecule has 0 N–H and O–H groups in total. The maximum Gasteiger partial charge on any atom is 0.416 e. The van der Waals surface area contributed by atoms with Crippen molar-refractivity contribution in [3.8, 4) is 0 Å². The molecule has 0 unspecified atom stereocenters. The Morgan fingerprint density at radius 1 is 0.714 bits per heavy atom. The first kappa shape index (κ1) is 24.7. The predicted octanol–water partition coefficient (Wildman–Crippen LogP) is 8.30. The topological polar surface area (TPSA) is 17.1 Å². The smallest absolute Gasteiger partial charge is 0.299 e. The normalized spacial score (nSPS) is 11.7. The van der Waals surface area contributed by atoms with Gasteiger partial charge in [-0.15, -0.1) is 0 Å². The van der Waals surface area contributed by atoms with Crippen LogP contribution >= 0.6 is 0 Å². The summed E-state index contributed by atoms with van der Waals surface area (Å²) in [6.45, 7) is 2.25. The largest absolute Gasteiger partial charge is 0.416 e. The molecule has 0 saturated heterocycles. The molecule has 1 nitrogen and oxygen atoms in total. The average molecular weight is 399 g/mol. The van der Waals surface area contributed by atoms with E-state index in [1.54, 1.807) is 0 Å². The van der Waals surface area contributed by atoms with Crippen LogP contribution in [0.4, 0.5) is 13.2 Å². The SMILES string of the molecule is CCCCCCCCCCCCCCCC(=O)Cc1ccc(C(F)(F)F)cc1. The Hall–Kier alpha value is -1.32. The first-order valence-corrected chi connectivity index (χ1v) is 11.1. The Balaban J connectivity index is 1.97. The second-order valence-corrected chi connectivity index (χ2v) is 7.90. The van der Waals surface area contributed by atoms with E-state index in [1.807, 2.05) is 0 Å². The second-order valence-electron chi connectivity index (χ2n) is 7.90. The Bertz CT molecular complexity index is 520. The van der Waals surface area contributed by atoms with Gasteiger partial charge in [0.2, 0.25) is 0 Å². The summed E-state index contributed by atoms with van der Waals surface area (Å²) in [7, 11) is 0. The third kappa shape index (κ3) is 12.2. The number of halogens is 3. The van der Waals surface area contributed by atoms with Crippen molar-refractivity contribution in [1.82, 2.24) is 0 Å². The summed E-state index contributed by atoms with van der Waals surface area (Å²) in [6, 6.07) is 4.91. The fourth-order valence-corrected chi connectivity index (χ4v) is 3.47. The van der Waals surface area contributed by atoms with Crippen LogP contribution in [-0.2, 0) is 17.4 Å². The lowest BCUT2D eigenvalue weighted by Gasteiger charge is -2.07. The molecule has 0 aliphatic rings. The van der Waals surface area contributed by atoms with Crippen molar-refractivity contribution in [2.24, 2.45) is 0 Å². The molecule has 1 aromatic carbocycles. The molecule has 0 spiro atoms. The van der Waals surface area contributed by atoms with Gasteiger partial charge in [0, 0.05) is 12.8 Å². The van der Waals surface area contributed by atoms with Crippen LogP contribution in [0, 0.1) is 0 Å². The molecule has 1 rings (SSSR count). The summed E-state index contributed by atoms with van der Waals surface area (Å²) in [5, 5.41) is 0. The fourth-order valence-electron chi connectivity index (χ4n) is 3.47. The van der Waals surface area contributed by atoms with Crippen LogP contribution in [0.1, 0.15) is 108 Å². The van der Waals surface area contributed by atoms with Crippen LogP contribution in [0.15, 0.2) is 24.3 Å². The maximum atomic E-state index is 12.5. The summed E-state index contributed by atoms with van der Waals surface area (Å²) in [6.07, 6.45) is 12.9. The zero-order valence-electron chi connectivity index (χ0n) is 17.5. The zero-order valence-corrected chi connectivity index (χ0v) is 17.5. The van der Waals surface area contributed by atoms with Gasteiger partial charge in [0.15, 0.2) is 0 Å². The molecule has 0 radical (unpaired) electrons. The lowest BCUT2D eigenvalue weighted by atomic mass is 10.0. The lowest BCUT2D eigenvalue weighted by molar-refractivity contribution is -0.137. The minimum absolute atomic E-state index is 0.114. The number of ketones is 1. The molecule has 4 heteroatoms. The Kier molecular flexibility index (Phi) is 12.9. The van der Waals surface area contributed by atoms with Crippen LogP contribution in [0.5, 0.6) is 0 Å². The van der Waals surface area contributed by atoms with E-state index in [0.29, 0.717) is 12.0 Å². The molecular weight excluding hydrogens is 361 g/mol. The molecule has 0 aliphatic heterocycles. The number of benzene rings is 1. The van der Waals surface area contributed by atoms with Crippen molar-refractivity contribution in [3.63, 3.8) is 0 Å². The molecule has 0 aromatic heterocycles. The van der Waals surface area contributed by atoms with E-state index in [1.165, 1.54) is 82.8 Å². The number of carbonyl (C=O) groups is 1. The van der Waals surface area contributed by atoms with Crippen LogP contribution in [-0.4, -0.2) is 5.78 Å². The fraction of sp³-hybridized carbons (Fsp3) is 0.708. The minimum atomic E-state index is -4.32. The predicted molar refractivity (Wildman–Crippen MR) is 110 cm³/mol. The quantitative estimate of drug-likeness (QED) is 0.256. The highest BCUT2D eigenvalue weighted by atomic mass is 19.4. The first-order valence-electron chi connectivity index (χ1n) is 11.1. The molecule has 0 heterocycles. The summed E-state index contributed by atoms with van der Waals surface area (Å²) < 4.78 is 37.6. The summed E-state index contributed by atoms with van der Waals surface area (Å²) in [5.74, 6) is 0.114. The molecule has 0 amide bonds. The van der Waals surface area contributed by atoms with E-state index in [-0.39, 0.29) is 12.2 Å². The van der Waals surface area contributed by atoms with Crippen molar-refractivity contribution >= 4 is 5.78 Å². The number of alkyl halides is 3. The zero-order chi connectivity index (χ0) is 20.7. The Labute approximate surface area is 169 Å². The van der Waals surface area contributed by atoms with Crippen LogP contribution in [0.25, 0.3) is 0 Å². The van der Waals surface area contributed by atoms with E-state index in [0.717, 1.165) is 25.0 Å². The number of Topliss-reactive ketones (excluding diaryl/α,β-unsaturated/α-hetero) is 1. The van der Waals surface area contributed by atoms with Gasteiger partial charge >= 0.3 is 6.18 Å². The van der Waals surface area contributed by atoms with Crippen LogP contribution < -0.4 is 0 Å². The second kappa shape index (κ2) is 14.6.